The van der Waals surface area contributed by atoms with Gasteiger partial charge in [-0.25, -0.2) is 9.97 Å². The largest absolute Gasteiger partial charge is 0.340 e. The molecular weight excluding hydrogens is 200 g/mol. The van der Waals surface area contributed by atoms with Crippen molar-refractivity contribution in [2.75, 3.05) is 31.1 Å². The molecule has 5 heteroatoms. The molecule has 0 aromatic carbocycles. The molecule has 1 aliphatic heterocycles. The average Bonchev–Trinajstić information content (AvgIpc) is 2.47. The van der Waals surface area contributed by atoms with Crippen LogP contribution in [-0.2, 0) is 0 Å². The Labute approximate surface area is 88.3 Å². The van der Waals surface area contributed by atoms with E-state index >= 15 is 0 Å². The Morgan fingerprint density at radius 3 is 2.79 bits per heavy atom. The SMILES string of the molecule is Clc1cnc(N2CCCNCC2)nc1. The maximum Gasteiger partial charge on any atom is 0.225 e. The zero-order valence-corrected chi connectivity index (χ0v) is 8.67. The first-order chi connectivity index (χ1) is 6.86. The fraction of sp³-hybridized carbons (Fsp3) is 0.556. The van der Waals surface area contributed by atoms with Gasteiger partial charge in [-0.3, -0.25) is 0 Å². The van der Waals surface area contributed by atoms with Crippen molar-refractivity contribution in [3.8, 4) is 0 Å². The Kier molecular flexibility index (Phi) is 3.16. The molecule has 0 unspecified atom stereocenters. The van der Waals surface area contributed by atoms with Gasteiger partial charge in [-0.15, -0.1) is 0 Å². The van der Waals surface area contributed by atoms with Gasteiger partial charge < -0.3 is 10.2 Å². The van der Waals surface area contributed by atoms with Crippen LogP contribution >= 0.6 is 11.6 Å². The second kappa shape index (κ2) is 4.57. The quantitative estimate of drug-likeness (QED) is 0.752. The lowest BCUT2D eigenvalue weighted by Crippen LogP contribution is -2.29. The third-order valence-electron chi connectivity index (χ3n) is 2.23. The molecule has 2 heterocycles. The minimum atomic E-state index is 0.585. The number of nitrogens with one attached hydrogen (secondary N) is 1. The van der Waals surface area contributed by atoms with Crippen molar-refractivity contribution in [2.24, 2.45) is 0 Å². The summed E-state index contributed by atoms with van der Waals surface area (Å²) >= 11 is 5.73. The lowest BCUT2D eigenvalue weighted by atomic mass is 10.4. The molecule has 0 atom stereocenters. The van der Waals surface area contributed by atoms with E-state index in [0.717, 1.165) is 38.5 Å². The van der Waals surface area contributed by atoms with Crippen molar-refractivity contribution >= 4 is 17.5 Å². The number of rotatable bonds is 1. The van der Waals surface area contributed by atoms with Gasteiger partial charge in [0.25, 0.3) is 0 Å². The topological polar surface area (TPSA) is 41.1 Å². The van der Waals surface area contributed by atoms with E-state index in [2.05, 4.69) is 20.2 Å². The standard InChI is InChI=1S/C9H13ClN4/c10-8-6-12-9(13-7-8)14-4-1-2-11-3-5-14/h6-7,11H,1-5H2. The van der Waals surface area contributed by atoms with E-state index in [-0.39, 0.29) is 0 Å². The minimum absolute atomic E-state index is 0.585. The van der Waals surface area contributed by atoms with Crippen LogP contribution in [0.15, 0.2) is 12.4 Å². The van der Waals surface area contributed by atoms with E-state index in [1.54, 1.807) is 12.4 Å². The summed E-state index contributed by atoms with van der Waals surface area (Å²) in [5, 5.41) is 3.92. The van der Waals surface area contributed by atoms with Crippen molar-refractivity contribution in [3.05, 3.63) is 17.4 Å². The van der Waals surface area contributed by atoms with Gasteiger partial charge in [-0.05, 0) is 13.0 Å². The fourth-order valence-corrected chi connectivity index (χ4v) is 1.61. The van der Waals surface area contributed by atoms with Gasteiger partial charge in [-0.2, -0.15) is 0 Å². The van der Waals surface area contributed by atoms with Crippen molar-refractivity contribution in [1.82, 2.24) is 15.3 Å². The van der Waals surface area contributed by atoms with Crippen LogP contribution in [0.25, 0.3) is 0 Å². The second-order valence-corrected chi connectivity index (χ2v) is 3.73. The van der Waals surface area contributed by atoms with Gasteiger partial charge in [0.1, 0.15) is 0 Å². The van der Waals surface area contributed by atoms with Gasteiger partial charge in [0, 0.05) is 19.6 Å². The van der Waals surface area contributed by atoms with E-state index in [1.807, 2.05) is 0 Å². The zero-order valence-electron chi connectivity index (χ0n) is 7.91. The highest BCUT2D eigenvalue weighted by Crippen LogP contribution is 2.10. The number of hydrogen-bond acceptors (Lipinski definition) is 4. The minimum Gasteiger partial charge on any atom is -0.340 e. The maximum atomic E-state index is 5.73. The maximum absolute atomic E-state index is 5.73. The summed E-state index contributed by atoms with van der Waals surface area (Å²) in [6.07, 6.45) is 4.41. The van der Waals surface area contributed by atoms with Crippen LogP contribution in [0.3, 0.4) is 0 Å². The molecular formula is C9H13ClN4. The van der Waals surface area contributed by atoms with Crippen LogP contribution in [0, 0.1) is 0 Å². The van der Waals surface area contributed by atoms with Crippen molar-refractivity contribution in [2.45, 2.75) is 6.42 Å². The van der Waals surface area contributed by atoms with Crippen molar-refractivity contribution in [1.29, 1.82) is 0 Å². The molecule has 1 aromatic heterocycles. The first-order valence-electron chi connectivity index (χ1n) is 4.79. The Morgan fingerprint density at radius 1 is 1.21 bits per heavy atom. The molecule has 1 aromatic rings. The second-order valence-electron chi connectivity index (χ2n) is 3.29. The van der Waals surface area contributed by atoms with Gasteiger partial charge in [-0.1, -0.05) is 11.6 Å². The number of aromatic nitrogens is 2. The van der Waals surface area contributed by atoms with Gasteiger partial charge in [0.05, 0.1) is 17.4 Å². The van der Waals surface area contributed by atoms with Crippen LogP contribution in [0.4, 0.5) is 5.95 Å². The van der Waals surface area contributed by atoms with E-state index < -0.39 is 0 Å². The monoisotopic (exact) mass is 212 g/mol. The van der Waals surface area contributed by atoms with Crippen LogP contribution in [0.5, 0.6) is 0 Å². The molecule has 14 heavy (non-hydrogen) atoms. The molecule has 4 nitrogen and oxygen atoms in total. The first kappa shape index (κ1) is 9.68. The Bertz CT molecular complexity index is 279. The van der Waals surface area contributed by atoms with E-state index in [9.17, 15) is 0 Å². The summed E-state index contributed by atoms with van der Waals surface area (Å²) in [6, 6.07) is 0. The molecule has 1 aliphatic rings. The lowest BCUT2D eigenvalue weighted by Gasteiger charge is -2.19. The summed E-state index contributed by atoms with van der Waals surface area (Å²) in [5.74, 6) is 0.776. The van der Waals surface area contributed by atoms with Crippen molar-refractivity contribution < 1.29 is 0 Å². The predicted octanol–water partition coefficient (Wildman–Crippen LogP) is 0.930. The van der Waals surface area contributed by atoms with Gasteiger partial charge >= 0.3 is 0 Å². The molecule has 1 fully saturated rings. The Balaban J connectivity index is 2.08. The molecule has 0 spiro atoms. The van der Waals surface area contributed by atoms with Crippen LogP contribution in [-0.4, -0.2) is 36.1 Å². The van der Waals surface area contributed by atoms with Gasteiger partial charge in [0.15, 0.2) is 0 Å². The average molecular weight is 213 g/mol. The summed E-state index contributed by atoms with van der Waals surface area (Å²) in [7, 11) is 0. The number of hydrogen-bond donors (Lipinski definition) is 1. The molecule has 1 N–H and O–H groups in total. The molecule has 76 valence electrons. The van der Waals surface area contributed by atoms with Crippen LogP contribution in [0.1, 0.15) is 6.42 Å². The number of halogens is 1. The third kappa shape index (κ3) is 2.33. The lowest BCUT2D eigenvalue weighted by molar-refractivity contribution is 0.724. The zero-order chi connectivity index (χ0) is 9.80. The number of anilines is 1. The summed E-state index contributed by atoms with van der Waals surface area (Å²) in [5.41, 5.74) is 0. The third-order valence-corrected chi connectivity index (χ3v) is 2.42. The molecule has 0 radical (unpaired) electrons. The highest BCUT2D eigenvalue weighted by Gasteiger charge is 2.11. The van der Waals surface area contributed by atoms with E-state index in [4.69, 9.17) is 11.6 Å². The summed E-state index contributed by atoms with van der Waals surface area (Å²) in [6.45, 7) is 4.03. The van der Waals surface area contributed by atoms with Gasteiger partial charge in [0.2, 0.25) is 5.95 Å². The first-order valence-corrected chi connectivity index (χ1v) is 5.17. The number of nitrogens with zero attached hydrogens (tertiary/aromatic N) is 3. The normalized spacial score (nSPS) is 17.9. The molecule has 1 saturated heterocycles. The Hall–Kier alpha value is -0.870. The summed E-state index contributed by atoms with van der Waals surface area (Å²) < 4.78 is 0. The molecule has 2 rings (SSSR count). The van der Waals surface area contributed by atoms with E-state index in [1.165, 1.54) is 0 Å². The highest BCUT2D eigenvalue weighted by molar-refractivity contribution is 6.30. The van der Waals surface area contributed by atoms with Crippen LogP contribution < -0.4 is 10.2 Å². The highest BCUT2D eigenvalue weighted by atomic mass is 35.5. The molecule has 0 bridgehead atoms. The fourth-order valence-electron chi connectivity index (χ4n) is 1.51. The molecule has 0 saturated carbocycles. The van der Waals surface area contributed by atoms with Crippen LogP contribution in [0.2, 0.25) is 5.02 Å². The Morgan fingerprint density at radius 2 is 2.00 bits per heavy atom. The van der Waals surface area contributed by atoms with E-state index in [0.29, 0.717) is 5.02 Å². The smallest absolute Gasteiger partial charge is 0.225 e. The molecule has 0 amide bonds. The molecule has 0 aliphatic carbocycles. The summed E-state index contributed by atoms with van der Waals surface area (Å²) in [4.78, 5) is 10.6. The predicted molar refractivity (Wildman–Crippen MR) is 56.7 cm³/mol. The van der Waals surface area contributed by atoms with Crippen molar-refractivity contribution in [3.63, 3.8) is 0 Å².